The van der Waals surface area contributed by atoms with Crippen LogP contribution in [-0.4, -0.2) is 29.5 Å². The molecule has 0 amide bonds. The highest BCUT2D eigenvalue weighted by Gasteiger charge is 2.10. The number of nitrogen functional groups attached to an aromatic ring is 1. The zero-order valence-corrected chi connectivity index (χ0v) is 10.8. The fraction of sp³-hybridized carbons (Fsp3) is 0.231. The lowest BCUT2D eigenvalue weighted by molar-refractivity contribution is 0.0526. The van der Waals surface area contributed by atoms with Gasteiger partial charge in [-0.3, -0.25) is 0 Å². The molecule has 0 spiro atoms. The van der Waals surface area contributed by atoms with Gasteiger partial charge in [0.05, 0.1) is 31.2 Å². The number of ether oxygens (including phenoxy) is 2. The summed E-state index contributed by atoms with van der Waals surface area (Å²) in [6.45, 7) is 2.08. The second-order valence-electron chi connectivity index (χ2n) is 3.86. The number of carbonyl (C=O) groups excluding carboxylic acids is 1. The van der Waals surface area contributed by atoms with Gasteiger partial charge in [-0.25, -0.2) is 9.48 Å². The minimum absolute atomic E-state index is 0.329. The van der Waals surface area contributed by atoms with Gasteiger partial charge in [-0.1, -0.05) is 0 Å². The molecule has 0 atom stereocenters. The Morgan fingerprint density at radius 2 is 2.21 bits per heavy atom. The van der Waals surface area contributed by atoms with Gasteiger partial charge in [-0.15, -0.1) is 0 Å². The van der Waals surface area contributed by atoms with Crippen molar-refractivity contribution in [3.63, 3.8) is 0 Å². The molecule has 1 heterocycles. The van der Waals surface area contributed by atoms with Crippen LogP contribution < -0.4 is 10.5 Å². The highest BCUT2D eigenvalue weighted by molar-refractivity contribution is 5.88. The molecule has 0 radical (unpaired) electrons. The van der Waals surface area contributed by atoms with Crippen molar-refractivity contribution in [3.05, 3.63) is 36.2 Å². The van der Waals surface area contributed by atoms with E-state index in [-0.39, 0.29) is 0 Å². The average Bonchev–Trinajstić information content (AvgIpc) is 2.88. The van der Waals surface area contributed by atoms with Crippen molar-refractivity contribution in [2.24, 2.45) is 0 Å². The van der Waals surface area contributed by atoms with Gasteiger partial charge in [0.25, 0.3) is 0 Å². The van der Waals surface area contributed by atoms with E-state index in [4.69, 9.17) is 15.2 Å². The molecule has 0 aliphatic carbocycles. The molecule has 0 aliphatic heterocycles. The number of aromatic nitrogens is 2. The number of hydrogen-bond acceptors (Lipinski definition) is 5. The van der Waals surface area contributed by atoms with Gasteiger partial charge in [0.1, 0.15) is 5.75 Å². The summed E-state index contributed by atoms with van der Waals surface area (Å²) in [6, 6.07) is 5.22. The Hall–Kier alpha value is -2.50. The Morgan fingerprint density at radius 1 is 1.42 bits per heavy atom. The Kier molecular flexibility index (Phi) is 3.70. The lowest BCUT2D eigenvalue weighted by Crippen LogP contribution is -2.03. The Morgan fingerprint density at radius 3 is 2.89 bits per heavy atom. The predicted octanol–water partition coefficient (Wildman–Crippen LogP) is 1.64. The molecular weight excluding hydrogens is 246 g/mol. The van der Waals surface area contributed by atoms with E-state index in [0.717, 1.165) is 0 Å². The van der Waals surface area contributed by atoms with E-state index < -0.39 is 5.97 Å². The Balaban J connectivity index is 2.32. The lowest BCUT2D eigenvalue weighted by Gasteiger charge is -2.06. The average molecular weight is 261 g/mol. The second-order valence-corrected chi connectivity index (χ2v) is 3.86. The van der Waals surface area contributed by atoms with E-state index in [2.05, 4.69) is 5.10 Å². The number of hydrogen-bond donors (Lipinski definition) is 1. The maximum Gasteiger partial charge on any atom is 0.341 e. The van der Waals surface area contributed by atoms with Crippen molar-refractivity contribution in [2.45, 2.75) is 6.92 Å². The van der Waals surface area contributed by atoms with Crippen molar-refractivity contribution in [3.8, 4) is 11.4 Å². The number of carbonyl (C=O) groups is 1. The smallest absolute Gasteiger partial charge is 0.341 e. The van der Waals surface area contributed by atoms with Gasteiger partial charge in [0.15, 0.2) is 0 Å². The van der Waals surface area contributed by atoms with Gasteiger partial charge < -0.3 is 15.2 Å². The van der Waals surface area contributed by atoms with Crippen LogP contribution in [0, 0.1) is 0 Å². The summed E-state index contributed by atoms with van der Waals surface area (Å²) >= 11 is 0. The first-order valence-electron chi connectivity index (χ1n) is 5.80. The quantitative estimate of drug-likeness (QED) is 0.668. The van der Waals surface area contributed by atoms with Crippen LogP contribution in [0.2, 0.25) is 0 Å². The van der Waals surface area contributed by atoms with E-state index >= 15 is 0 Å². The Bertz CT molecular complexity index is 593. The Labute approximate surface area is 110 Å². The lowest BCUT2D eigenvalue weighted by atomic mass is 10.2. The summed E-state index contributed by atoms with van der Waals surface area (Å²) in [6.07, 6.45) is 3.04. The molecule has 19 heavy (non-hydrogen) atoms. The topological polar surface area (TPSA) is 79.4 Å². The molecular formula is C13H15N3O3. The van der Waals surface area contributed by atoms with Crippen LogP contribution in [0.1, 0.15) is 17.3 Å². The molecule has 1 aromatic carbocycles. The normalized spacial score (nSPS) is 10.2. The van der Waals surface area contributed by atoms with Gasteiger partial charge in [-0.2, -0.15) is 5.10 Å². The van der Waals surface area contributed by atoms with E-state index in [1.165, 1.54) is 6.20 Å². The van der Waals surface area contributed by atoms with Crippen molar-refractivity contribution in [1.82, 2.24) is 9.78 Å². The largest absolute Gasteiger partial charge is 0.497 e. The first-order chi connectivity index (χ1) is 9.13. The number of nitrogens with zero attached hydrogens (tertiary/aromatic N) is 2. The van der Waals surface area contributed by atoms with Gasteiger partial charge >= 0.3 is 5.97 Å². The molecule has 0 saturated carbocycles. The number of esters is 1. The summed E-state index contributed by atoms with van der Waals surface area (Å²) in [5, 5.41) is 4.11. The van der Waals surface area contributed by atoms with Gasteiger partial charge in [0, 0.05) is 24.0 Å². The van der Waals surface area contributed by atoms with Gasteiger partial charge in [-0.05, 0) is 13.0 Å². The van der Waals surface area contributed by atoms with E-state index in [0.29, 0.717) is 29.3 Å². The molecule has 2 aromatic rings. The highest BCUT2D eigenvalue weighted by atomic mass is 16.5. The number of benzene rings is 1. The molecule has 6 nitrogen and oxygen atoms in total. The van der Waals surface area contributed by atoms with Crippen LogP contribution in [-0.2, 0) is 4.74 Å². The summed E-state index contributed by atoms with van der Waals surface area (Å²) in [5.41, 5.74) is 7.44. The molecule has 100 valence electrons. The predicted molar refractivity (Wildman–Crippen MR) is 70.5 cm³/mol. The molecule has 0 bridgehead atoms. The van der Waals surface area contributed by atoms with Crippen LogP contribution in [0.15, 0.2) is 30.6 Å². The van der Waals surface area contributed by atoms with Crippen molar-refractivity contribution >= 4 is 11.7 Å². The van der Waals surface area contributed by atoms with Crippen LogP contribution in [0.5, 0.6) is 5.75 Å². The van der Waals surface area contributed by atoms with E-state index in [1.54, 1.807) is 43.1 Å². The summed E-state index contributed by atoms with van der Waals surface area (Å²) in [4.78, 5) is 11.6. The first kappa shape index (κ1) is 12.9. The van der Waals surface area contributed by atoms with Crippen molar-refractivity contribution in [2.75, 3.05) is 19.5 Å². The summed E-state index contributed by atoms with van der Waals surface area (Å²) in [7, 11) is 1.56. The number of rotatable bonds is 4. The fourth-order valence-corrected chi connectivity index (χ4v) is 1.64. The number of methoxy groups -OCH3 is 1. The first-order valence-corrected chi connectivity index (χ1v) is 5.80. The molecule has 0 fully saturated rings. The third-order valence-electron chi connectivity index (χ3n) is 2.51. The third-order valence-corrected chi connectivity index (χ3v) is 2.51. The fourth-order valence-electron chi connectivity index (χ4n) is 1.64. The minimum Gasteiger partial charge on any atom is -0.497 e. The molecule has 1 aromatic heterocycles. The molecule has 0 saturated heterocycles. The van der Waals surface area contributed by atoms with Crippen molar-refractivity contribution in [1.29, 1.82) is 0 Å². The minimum atomic E-state index is -0.399. The monoisotopic (exact) mass is 261 g/mol. The maximum atomic E-state index is 11.6. The van der Waals surface area contributed by atoms with Gasteiger partial charge in [0.2, 0.25) is 0 Å². The summed E-state index contributed by atoms with van der Waals surface area (Å²) in [5.74, 6) is 0.229. The molecule has 0 unspecified atom stereocenters. The van der Waals surface area contributed by atoms with Crippen LogP contribution in [0.3, 0.4) is 0 Å². The zero-order valence-electron chi connectivity index (χ0n) is 10.8. The van der Waals surface area contributed by atoms with E-state index in [1.807, 2.05) is 0 Å². The van der Waals surface area contributed by atoms with Crippen LogP contribution in [0.4, 0.5) is 5.69 Å². The zero-order chi connectivity index (χ0) is 13.8. The van der Waals surface area contributed by atoms with Crippen LogP contribution in [0.25, 0.3) is 5.69 Å². The molecule has 2 N–H and O–H groups in total. The number of anilines is 1. The SMILES string of the molecule is CCOC(=O)c1cnn(-c2cc(N)cc(OC)c2)c1. The molecule has 0 aliphatic rings. The summed E-state index contributed by atoms with van der Waals surface area (Å²) < 4.78 is 11.6. The van der Waals surface area contributed by atoms with Crippen LogP contribution >= 0.6 is 0 Å². The van der Waals surface area contributed by atoms with E-state index in [9.17, 15) is 4.79 Å². The number of nitrogens with two attached hydrogens (primary N) is 1. The third kappa shape index (κ3) is 2.85. The molecule has 2 rings (SSSR count). The standard InChI is InChI=1S/C13H15N3O3/c1-3-19-13(17)9-7-15-16(8-9)11-4-10(14)5-12(6-11)18-2/h4-8H,3,14H2,1-2H3. The molecule has 6 heteroatoms. The second kappa shape index (κ2) is 5.43. The van der Waals surface area contributed by atoms with Crippen molar-refractivity contribution < 1.29 is 14.3 Å². The maximum absolute atomic E-state index is 11.6. The highest BCUT2D eigenvalue weighted by Crippen LogP contribution is 2.21.